The predicted molar refractivity (Wildman–Crippen MR) is 72.4 cm³/mol. The molecule has 1 aromatic heterocycles. The van der Waals surface area contributed by atoms with E-state index in [-0.39, 0.29) is 24.4 Å². The van der Waals surface area contributed by atoms with Gasteiger partial charge in [0.05, 0.1) is 9.83 Å². The molecule has 1 atom stereocenters. The summed E-state index contributed by atoms with van der Waals surface area (Å²) in [5.74, 6) is 0.136. The van der Waals surface area contributed by atoms with Crippen molar-refractivity contribution in [3.05, 3.63) is 20.8 Å². The molecule has 0 aromatic carbocycles. The standard InChI is InChI=1S/C10H13BrN2OS.ClH/c11-9-2-1-7(15-9)3-5-13-10(14)8-4-6-12-8;/h1-2,8,12H,3-6H2,(H,13,14);1H/t8-;/m1./s1. The lowest BCUT2D eigenvalue weighted by Gasteiger charge is -2.26. The van der Waals surface area contributed by atoms with Crippen LogP contribution in [-0.4, -0.2) is 25.0 Å². The number of amides is 1. The van der Waals surface area contributed by atoms with E-state index in [9.17, 15) is 4.79 Å². The monoisotopic (exact) mass is 324 g/mol. The van der Waals surface area contributed by atoms with Gasteiger partial charge in [0.25, 0.3) is 0 Å². The number of rotatable bonds is 4. The van der Waals surface area contributed by atoms with Crippen molar-refractivity contribution < 1.29 is 4.79 Å². The van der Waals surface area contributed by atoms with Gasteiger partial charge in [-0.1, -0.05) is 0 Å². The van der Waals surface area contributed by atoms with Crippen LogP contribution in [0.2, 0.25) is 0 Å². The van der Waals surface area contributed by atoms with E-state index in [4.69, 9.17) is 0 Å². The molecule has 1 amide bonds. The van der Waals surface area contributed by atoms with Crippen molar-refractivity contribution >= 4 is 45.6 Å². The third kappa shape index (κ3) is 3.73. The minimum absolute atomic E-state index is 0. The molecule has 16 heavy (non-hydrogen) atoms. The molecular formula is C10H14BrClN2OS. The Kier molecular flexibility index (Phi) is 5.75. The van der Waals surface area contributed by atoms with Crippen molar-refractivity contribution in [3.8, 4) is 0 Å². The maximum Gasteiger partial charge on any atom is 0.237 e. The van der Waals surface area contributed by atoms with Crippen LogP contribution in [0.4, 0.5) is 0 Å². The van der Waals surface area contributed by atoms with Crippen molar-refractivity contribution in [1.29, 1.82) is 0 Å². The second-order valence-electron chi connectivity index (χ2n) is 3.54. The quantitative estimate of drug-likeness (QED) is 0.888. The first-order valence-corrected chi connectivity index (χ1v) is 6.62. The fourth-order valence-corrected chi connectivity index (χ4v) is 2.91. The Morgan fingerprint density at radius 1 is 1.62 bits per heavy atom. The smallest absolute Gasteiger partial charge is 0.237 e. The van der Waals surface area contributed by atoms with Gasteiger partial charge in [-0.2, -0.15) is 0 Å². The first kappa shape index (κ1) is 14.0. The Labute approximate surface area is 114 Å². The zero-order valence-corrected chi connectivity index (χ0v) is 11.9. The van der Waals surface area contributed by atoms with Crippen LogP contribution in [0, 0.1) is 0 Å². The topological polar surface area (TPSA) is 41.1 Å². The van der Waals surface area contributed by atoms with E-state index in [0.717, 1.165) is 29.7 Å². The summed E-state index contributed by atoms with van der Waals surface area (Å²) in [5, 5.41) is 6.01. The minimum atomic E-state index is 0. The van der Waals surface area contributed by atoms with Gasteiger partial charge in [0.1, 0.15) is 0 Å². The SMILES string of the molecule is Cl.O=C(NCCc1ccc(Br)s1)[C@H]1CCN1. The fraction of sp³-hybridized carbons (Fsp3) is 0.500. The molecule has 0 saturated carbocycles. The molecule has 0 spiro atoms. The molecule has 1 aliphatic heterocycles. The van der Waals surface area contributed by atoms with Gasteiger partial charge in [-0.3, -0.25) is 4.79 Å². The highest BCUT2D eigenvalue weighted by Crippen LogP contribution is 2.22. The normalized spacial score (nSPS) is 18.4. The zero-order valence-electron chi connectivity index (χ0n) is 8.66. The van der Waals surface area contributed by atoms with E-state index in [1.165, 1.54) is 4.88 Å². The van der Waals surface area contributed by atoms with Crippen LogP contribution in [0.25, 0.3) is 0 Å². The number of carbonyl (C=O) groups excluding carboxylic acids is 1. The molecule has 1 aliphatic rings. The highest BCUT2D eigenvalue weighted by Gasteiger charge is 2.23. The van der Waals surface area contributed by atoms with E-state index in [0.29, 0.717) is 0 Å². The molecular weight excluding hydrogens is 312 g/mol. The van der Waals surface area contributed by atoms with Gasteiger partial charge in [-0.15, -0.1) is 23.7 Å². The minimum Gasteiger partial charge on any atom is -0.354 e. The van der Waals surface area contributed by atoms with Crippen molar-refractivity contribution in [2.45, 2.75) is 18.9 Å². The third-order valence-electron chi connectivity index (χ3n) is 2.44. The lowest BCUT2D eigenvalue weighted by atomic mass is 10.1. The Bertz CT molecular complexity index is 354. The second kappa shape index (κ2) is 6.59. The van der Waals surface area contributed by atoms with Gasteiger partial charge < -0.3 is 10.6 Å². The highest BCUT2D eigenvalue weighted by molar-refractivity contribution is 9.11. The van der Waals surface area contributed by atoms with Crippen molar-refractivity contribution in [1.82, 2.24) is 10.6 Å². The molecule has 0 radical (unpaired) electrons. The summed E-state index contributed by atoms with van der Waals surface area (Å²) in [7, 11) is 0. The average Bonchev–Trinajstić information content (AvgIpc) is 2.48. The molecule has 1 fully saturated rings. The van der Waals surface area contributed by atoms with Gasteiger partial charge in [-0.05, 0) is 47.4 Å². The second-order valence-corrected chi connectivity index (χ2v) is 6.09. The van der Waals surface area contributed by atoms with Gasteiger partial charge >= 0.3 is 0 Å². The predicted octanol–water partition coefficient (Wildman–Crippen LogP) is 1.95. The lowest BCUT2D eigenvalue weighted by molar-refractivity contribution is -0.124. The summed E-state index contributed by atoms with van der Waals surface area (Å²) in [4.78, 5) is 12.7. The summed E-state index contributed by atoms with van der Waals surface area (Å²) in [5.41, 5.74) is 0. The Morgan fingerprint density at radius 3 is 2.88 bits per heavy atom. The van der Waals surface area contributed by atoms with Gasteiger partial charge in [0.15, 0.2) is 0 Å². The number of halogens is 2. The molecule has 2 rings (SSSR count). The number of hydrogen-bond donors (Lipinski definition) is 2. The molecule has 2 N–H and O–H groups in total. The van der Waals surface area contributed by atoms with Crippen LogP contribution in [0.5, 0.6) is 0 Å². The average molecular weight is 326 g/mol. The third-order valence-corrected chi connectivity index (χ3v) is 4.12. The summed E-state index contributed by atoms with van der Waals surface area (Å²) >= 11 is 5.13. The van der Waals surface area contributed by atoms with Crippen molar-refractivity contribution in [2.24, 2.45) is 0 Å². The van der Waals surface area contributed by atoms with E-state index in [1.54, 1.807) is 11.3 Å². The summed E-state index contributed by atoms with van der Waals surface area (Å²) in [6.45, 7) is 1.69. The zero-order chi connectivity index (χ0) is 10.7. The molecule has 0 bridgehead atoms. The summed E-state index contributed by atoms with van der Waals surface area (Å²) in [6, 6.07) is 4.18. The van der Waals surface area contributed by atoms with E-state index in [2.05, 4.69) is 32.6 Å². The molecule has 0 unspecified atom stereocenters. The van der Waals surface area contributed by atoms with Crippen LogP contribution in [0.15, 0.2) is 15.9 Å². The van der Waals surface area contributed by atoms with Gasteiger partial charge in [-0.25, -0.2) is 0 Å². The molecule has 1 aromatic rings. The lowest BCUT2D eigenvalue weighted by Crippen LogP contribution is -2.53. The first-order valence-electron chi connectivity index (χ1n) is 5.01. The molecule has 90 valence electrons. The summed E-state index contributed by atoms with van der Waals surface area (Å²) < 4.78 is 1.14. The Balaban J connectivity index is 0.00000128. The molecule has 2 heterocycles. The maximum absolute atomic E-state index is 11.4. The molecule has 3 nitrogen and oxygen atoms in total. The first-order chi connectivity index (χ1) is 7.25. The van der Waals surface area contributed by atoms with Crippen molar-refractivity contribution in [2.75, 3.05) is 13.1 Å². The van der Waals surface area contributed by atoms with Crippen LogP contribution in [0.3, 0.4) is 0 Å². The highest BCUT2D eigenvalue weighted by atomic mass is 79.9. The van der Waals surface area contributed by atoms with Crippen LogP contribution >= 0.6 is 39.7 Å². The Morgan fingerprint density at radius 2 is 2.38 bits per heavy atom. The van der Waals surface area contributed by atoms with Crippen LogP contribution < -0.4 is 10.6 Å². The number of hydrogen-bond acceptors (Lipinski definition) is 3. The van der Waals surface area contributed by atoms with Crippen molar-refractivity contribution in [3.63, 3.8) is 0 Å². The molecule has 1 saturated heterocycles. The summed E-state index contributed by atoms with van der Waals surface area (Å²) in [6.07, 6.45) is 1.88. The largest absolute Gasteiger partial charge is 0.354 e. The van der Waals surface area contributed by atoms with Crippen LogP contribution in [0.1, 0.15) is 11.3 Å². The number of nitrogens with one attached hydrogen (secondary N) is 2. The van der Waals surface area contributed by atoms with Gasteiger partial charge in [0, 0.05) is 11.4 Å². The van der Waals surface area contributed by atoms with Gasteiger partial charge in [0.2, 0.25) is 5.91 Å². The van der Waals surface area contributed by atoms with E-state index < -0.39 is 0 Å². The molecule has 6 heteroatoms. The Hall–Kier alpha value is -0.100. The number of thiophene rings is 1. The van der Waals surface area contributed by atoms with E-state index >= 15 is 0 Å². The van der Waals surface area contributed by atoms with E-state index in [1.807, 2.05) is 6.07 Å². The molecule has 0 aliphatic carbocycles. The fourth-order valence-electron chi connectivity index (χ4n) is 1.43. The van der Waals surface area contributed by atoms with Crippen LogP contribution in [-0.2, 0) is 11.2 Å². The maximum atomic E-state index is 11.4. The number of carbonyl (C=O) groups is 1.